The Morgan fingerprint density at radius 2 is 0.891 bits per heavy atom. The number of anilines is 6. The van der Waals surface area contributed by atoms with Gasteiger partial charge in [-0.2, -0.15) is 0 Å². The third kappa shape index (κ3) is 6.58. The maximum Gasteiger partial charge on any atom is 0.0775 e. The monoisotopic (exact) mass is 848 g/mol. The van der Waals surface area contributed by atoms with Crippen LogP contribution in [-0.2, 0) is 5.41 Å². The van der Waals surface area contributed by atoms with Crippen molar-refractivity contribution < 1.29 is 0 Å². The lowest BCUT2D eigenvalue weighted by Crippen LogP contribution is -2.50. The van der Waals surface area contributed by atoms with Crippen LogP contribution in [0.25, 0.3) is 43.4 Å². The number of benzene rings is 9. The number of hydrogen-bond donors (Lipinski definition) is 0. The van der Waals surface area contributed by atoms with Gasteiger partial charge in [-0.3, -0.25) is 0 Å². The molecular formula is C61H60N2Si. The predicted molar refractivity (Wildman–Crippen MR) is 281 cm³/mol. The zero-order valence-corrected chi connectivity index (χ0v) is 40.2. The fraction of sp³-hybridized carbons (Fsp3) is 0.213. The molecule has 0 heterocycles. The first-order chi connectivity index (χ1) is 30.6. The van der Waals surface area contributed by atoms with E-state index in [1.54, 1.807) is 0 Å². The smallest absolute Gasteiger partial charge is 0.0775 e. The van der Waals surface area contributed by atoms with Gasteiger partial charge in [0.25, 0.3) is 0 Å². The molecule has 318 valence electrons. The Morgan fingerprint density at radius 1 is 0.406 bits per heavy atom. The molecule has 0 N–H and O–H groups in total. The number of nitrogens with zero attached hydrogens (tertiary/aromatic N) is 2. The van der Waals surface area contributed by atoms with E-state index in [9.17, 15) is 0 Å². The third-order valence-electron chi connectivity index (χ3n) is 14.1. The van der Waals surface area contributed by atoms with Crippen LogP contribution in [0.3, 0.4) is 0 Å². The second kappa shape index (κ2) is 15.1. The van der Waals surface area contributed by atoms with E-state index in [-0.39, 0.29) is 16.2 Å². The summed E-state index contributed by atoms with van der Waals surface area (Å²) in [5.41, 5.74) is 13.1. The zero-order chi connectivity index (χ0) is 44.8. The van der Waals surface area contributed by atoms with Crippen molar-refractivity contribution in [1.82, 2.24) is 0 Å². The average Bonchev–Trinajstić information content (AvgIpc) is 3.59. The van der Waals surface area contributed by atoms with Crippen molar-refractivity contribution in [2.75, 3.05) is 9.80 Å². The van der Waals surface area contributed by atoms with E-state index in [1.165, 1.54) is 71.0 Å². The molecule has 1 aliphatic carbocycles. The highest BCUT2D eigenvalue weighted by Gasteiger charge is 2.58. The maximum atomic E-state index is 2.58. The van der Waals surface area contributed by atoms with Gasteiger partial charge in [0, 0.05) is 39.5 Å². The summed E-state index contributed by atoms with van der Waals surface area (Å²) in [5, 5.41) is 9.20. The summed E-state index contributed by atoms with van der Waals surface area (Å²) >= 11 is 0. The van der Waals surface area contributed by atoms with Gasteiger partial charge in [0.2, 0.25) is 0 Å². The predicted octanol–water partition coefficient (Wildman–Crippen LogP) is 17.3. The van der Waals surface area contributed by atoms with Crippen molar-refractivity contribution in [2.45, 2.75) is 73.5 Å². The van der Waals surface area contributed by atoms with Crippen molar-refractivity contribution in [3.8, 4) is 11.1 Å². The van der Waals surface area contributed by atoms with E-state index < -0.39 is 8.07 Å². The standard InChI is InChI=1S/C61H60N2Si/c1-41-25-28-46(29-26-41)63(45-21-15-12-16-22-45)49-33-36-53-54(40-49)51-23-17-18-24-52(51)57-55-38-42-27-30-48(37-43(42)39-56(55)61(58(53)57,59(2,3)4)60(5,6)7)62(44-19-13-11-14-20-44)47-31-34-50(35-32-47)64(8,9)10/h11-40H,1-10H3. The highest BCUT2D eigenvalue weighted by molar-refractivity contribution is 6.88. The Labute approximate surface area is 381 Å². The van der Waals surface area contributed by atoms with Gasteiger partial charge in [-0.1, -0.05) is 169 Å². The van der Waals surface area contributed by atoms with E-state index in [0.717, 1.165) is 28.4 Å². The lowest BCUT2D eigenvalue weighted by atomic mass is 9.49. The van der Waals surface area contributed by atoms with Crippen LogP contribution in [0.1, 0.15) is 58.2 Å². The van der Waals surface area contributed by atoms with Crippen LogP contribution in [-0.4, -0.2) is 8.07 Å². The Kier molecular flexibility index (Phi) is 9.81. The number of rotatable bonds is 7. The number of para-hydroxylation sites is 2. The summed E-state index contributed by atoms with van der Waals surface area (Å²) in [6, 6.07) is 68.5. The van der Waals surface area contributed by atoms with Crippen molar-refractivity contribution in [1.29, 1.82) is 0 Å². The largest absolute Gasteiger partial charge is 0.310 e. The van der Waals surface area contributed by atoms with Crippen molar-refractivity contribution in [3.63, 3.8) is 0 Å². The van der Waals surface area contributed by atoms with Crippen LogP contribution in [0, 0.1) is 17.8 Å². The minimum atomic E-state index is -1.46. The molecule has 9 aromatic rings. The molecule has 9 aromatic carbocycles. The van der Waals surface area contributed by atoms with Crippen LogP contribution in [0.4, 0.5) is 34.1 Å². The maximum absolute atomic E-state index is 2.58. The fourth-order valence-corrected chi connectivity index (χ4v) is 12.8. The highest BCUT2D eigenvalue weighted by atomic mass is 28.3. The normalized spacial score (nSPS) is 13.6. The molecule has 0 saturated carbocycles. The Morgan fingerprint density at radius 3 is 1.45 bits per heavy atom. The highest BCUT2D eigenvalue weighted by Crippen LogP contribution is 2.67. The fourth-order valence-electron chi connectivity index (χ4n) is 11.6. The molecule has 0 atom stereocenters. The van der Waals surface area contributed by atoms with Crippen LogP contribution in [0.5, 0.6) is 0 Å². The second-order valence-corrected chi connectivity index (χ2v) is 26.3. The zero-order valence-electron chi connectivity index (χ0n) is 39.2. The molecule has 0 radical (unpaired) electrons. The molecule has 0 spiro atoms. The molecule has 0 bridgehead atoms. The Balaban J connectivity index is 1.23. The lowest BCUT2D eigenvalue weighted by Gasteiger charge is -2.53. The molecular weight excluding hydrogens is 789 g/mol. The summed E-state index contributed by atoms with van der Waals surface area (Å²) in [5.74, 6) is 0. The molecule has 10 rings (SSSR count). The number of aryl methyl sites for hydroxylation is 1. The molecule has 0 unspecified atom stereocenters. The topological polar surface area (TPSA) is 6.48 Å². The summed E-state index contributed by atoms with van der Waals surface area (Å²) in [4.78, 5) is 4.82. The van der Waals surface area contributed by atoms with Gasteiger partial charge in [-0.15, -0.1) is 0 Å². The van der Waals surface area contributed by atoms with Gasteiger partial charge in [0.15, 0.2) is 0 Å². The Bertz CT molecular complexity index is 3190. The molecule has 3 heteroatoms. The first kappa shape index (κ1) is 41.6. The number of hydrogen-bond acceptors (Lipinski definition) is 2. The molecule has 1 aliphatic rings. The van der Waals surface area contributed by atoms with Crippen LogP contribution < -0.4 is 15.0 Å². The quantitative estimate of drug-likeness (QED) is 0.116. The molecule has 0 aromatic heterocycles. The van der Waals surface area contributed by atoms with E-state index in [2.05, 4.69) is 260 Å². The van der Waals surface area contributed by atoms with Crippen molar-refractivity contribution in [3.05, 3.63) is 199 Å². The molecule has 0 saturated heterocycles. The van der Waals surface area contributed by atoms with E-state index in [4.69, 9.17) is 0 Å². The molecule has 0 amide bonds. The summed E-state index contributed by atoms with van der Waals surface area (Å²) in [6.07, 6.45) is 0. The first-order valence-corrected chi connectivity index (χ1v) is 26.5. The van der Waals surface area contributed by atoms with Crippen LogP contribution >= 0.6 is 0 Å². The molecule has 64 heavy (non-hydrogen) atoms. The minimum Gasteiger partial charge on any atom is -0.310 e. The van der Waals surface area contributed by atoms with E-state index >= 15 is 0 Å². The second-order valence-electron chi connectivity index (χ2n) is 21.2. The van der Waals surface area contributed by atoms with Gasteiger partial charge in [-0.05, 0) is 157 Å². The first-order valence-electron chi connectivity index (χ1n) is 23.0. The van der Waals surface area contributed by atoms with E-state index in [0.29, 0.717) is 0 Å². The van der Waals surface area contributed by atoms with Gasteiger partial charge in [-0.25, -0.2) is 0 Å². The van der Waals surface area contributed by atoms with E-state index in [1.807, 2.05) is 0 Å². The van der Waals surface area contributed by atoms with Gasteiger partial charge in [0.05, 0.1) is 8.07 Å². The summed E-state index contributed by atoms with van der Waals surface area (Å²) in [7, 11) is -1.46. The van der Waals surface area contributed by atoms with Crippen molar-refractivity contribution >= 4 is 79.7 Å². The lowest BCUT2D eigenvalue weighted by molar-refractivity contribution is 0.0965. The molecule has 2 nitrogen and oxygen atoms in total. The number of fused-ring (bicyclic) bond motifs is 9. The summed E-state index contributed by atoms with van der Waals surface area (Å²) in [6.45, 7) is 24.3. The van der Waals surface area contributed by atoms with Crippen molar-refractivity contribution in [2.24, 2.45) is 10.8 Å². The average molecular weight is 849 g/mol. The van der Waals surface area contributed by atoms with Gasteiger partial charge in [0.1, 0.15) is 0 Å². The SMILES string of the molecule is Cc1ccc(N(c2ccccc2)c2ccc3c4c(c5ccccc5c3c2)-c2cc3ccc(N(c5ccccc5)c5ccc([Si](C)(C)C)cc5)cc3cc2C4(C(C)(C)C)C(C)(C)C)cc1. The minimum absolute atomic E-state index is 0.156. The Hall–Kier alpha value is -6.42. The molecule has 0 fully saturated rings. The summed E-state index contributed by atoms with van der Waals surface area (Å²) < 4.78 is 0. The van der Waals surface area contributed by atoms with Gasteiger partial charge >= 0.3 is 0 Å². The van der Waals surface area contributed by atoms with Gasteiger partial charge < -0.3 is 9.80 Å². The van der Waals surface area contributed by atoms with Crippen LogP contribution in [0.15, 0.2) is 182 Å². The third-order valence-corrected chi connectivity index (χ3v) is 16.2. The molecule has 0 aliphatic heterocycles. The van der Waals surface area contributed by atoms with Crippen LogP contribution in [0.2, 0.25) is 19.6 Å².